The van der Waals surface area contributed by atoms with Crippen LogP contribution in [0.5, 0.6) is 0 Å². The molecule has 0 aliphatic carbocycles. The number of nitrogens with one attached hydrogen (secondary N) is 1. The van der Waals surface area contributed by atoms with Gasteiger partial charge in [0.15, 0.2) is 0 Å². The molecule has 2 aromatic rings. The molecule has 2 atom stereocenters. The summed E-state index contributed by atoms with van der Waals surface area (Å²) in [5.74, 6) is 0.575. The highest BCUT2D eigenvalue weighted by Crippen LogP contribution is 2.14. The molecule has 0 saturated carbocycles. The number of rotatable bonds is 5. The summed E-state index contributed by atoms with van der Waals surface area (Å²) in [5, 5.41) is 13.0. The van der Waals surface area contributed by atoms with Crippen molar-refractivity contribution in [1.29, 1.82) is 0 Å². The van der Waals surface area contributed by atoms with Crippen LogP contribution in [0.2, 0.25) is 0 Å². The molecule has 0 aromatic carbocycles. The van der Waals surface area contributed by atoms with E-state index in [0.29, 0.717) is 12.3 Å². The monoisotopic (exact) mass is 232 g/mol. The van der Waals surface area contributed by atoms with Gasteiger partial charge in [-0.25, -0.2) is 0 Å². The first-order valence-corrected chi connectivity index (χ1v) is 5.63. The Bertz CT molecular complexity index is 428. The summed E-state index contributed by atoms with van der Waals surface area (Å²) in [5.41, 5.74) is 0.958. The molecule has 17 heavy (non-hydrogen) atoms. The van der Waals surface area contributed by atoms with Gasteiger partial charge in [-0.15, -0.1) is 0 Å². The number of aromatic nitrogens is 1. The molecule has 4 nitrogen and oxygen atoms in total. The predicted octanol–water partition coefficient (Wildman–Crippen LogP) is 2.06. The lowest BCUT2D eigenvalue weighted by molar-refractivity contribution is 0.144. The summed E-state index contributed by atoms with van der Waals surface area (Å²) < 4.78 is 5.13. The Hall–Kier alpha value is -1.65. The molecule has 0 spiro atoms. The van der Waals surface area contributed by atoms with Crippen molar-refractivity contribution in [2.24, 2.45) is 0 Å². The van der Waals surface area contributed by atoms with Gasteiger partial charge in [-0.05, 0) is 31.2 Å². The van der Waals surface area contributed by atoms with Crippen molar-refractivity contribution < 1.29 is 9.52 Å². The van der Waals surface area contributed by atoms with E-state index in [1.165, 1.54) is 0 Å². The van der Waals surface area contributed by atoms with Crippen LogP contribution in [-0.4, -0.2) is 16.6 Å². The summed E-state index contributed by atoms with van der Waals surface area (Å²) in [6.07, 6.45) is 2.69. The van der Waals surface area contributed by atoms with Crippen LogP contribution in [0.1, 0.15) is 30.5 Å². The van der Waals surface area contributed by atoms with Crippen LogP contribution in [0.25, 0.3) is 0 Å². The van der Waals surface area contributed by atoms with Crippen LogP contribution in [0.15, 0.2) is 47.2 Å². The van der Waals surface area contributed by atoms with E-state index < -0.39 is 6.10 Å². The molecule has 0 fully saturated rings. The van der Waals surface area contributed by atoms with Gasteiger partial charge in [0, 0.05) is 18.8 Å². The zero-order chi connectivity index (χ0) is 12.1. The third-order valence-electron chi connectivity index (χ3n) is 2.62. The highest BCUT2D eigenvalue weighted by molar-refractivity contribution is 5.08. The van der Waals surface area contributed by atoms with E-state index in [4.69, 9.17) is 4.42 Å². The summed E-state index contributed by atoms with van der Waals surface area (Å²) in [6, 6.07) is 9.41. The van der Waals surface area contributed by atoms with E-state index in [-0.39, 0.29) is 6.04 Å². The van der Waals surface area contributed by atoms with E-state index in [0.717, 1.165) is 5.69 Å². The van der Waals surface area contributed by atoms with Crippen molar-refractivity contribution in [1.82, 2.24) is 10.3 Å². The Kier molecular flexibility index (Phi) is 3.90. The van der Waals surface area contributed by atoms with Crippen LogP contribution in [-0.2, 0) is 0 Å². The highest BCUT2D eigenvalue weighted by atomic mass is 16.4. The second kappa shape index (κ2) is 5.61. The van der Waals surface area contributed by atoms with Gasteiger partial charge in [0.2, 0.25) is 0 Å². The quantitative estimate of drug-likeness (QED) is 0.828. The Morgan fingerprint density at radius 3 is 2.88 bits per heavy atom. The van der Waals surface area contributed by atoms with Crippen molar-refractivity contribution >= 4 is 0 Å². The molecule has 4 heteroatoms. The van der Waals surface area contributed by atoms with E-state index in [1.807, 2.05) is 25.1 Å². The Morgan fingerprint density at radius 2 is 2.24 bits per heavy atom. The number of nitrogens with zero attached hydrogens (tertiary/aromatic N) is 1. The maximum atomic E-state index is 9.83. The minimum Gasteiger partial charge on any atom is -0.467 e. The number of furan rings is 1. The number of aliphatic hydroxyl groups is 1. The largest absolute Gasteiger partial charge is 0.467 e. The van der Waals surface area contributed by atoms with E-state index >= 15 is 0 Å². The number of aliphatic hydroxyl groups excluding tert-OH is 1. The first-order valence-electron chi connectivity index (χ1n) is 5.63. The smallest absolute Gasteiger partial charge is 0.133 e. The van der Waals surface area contributed by atoms with Crippen molar-refractivity contribution in [3.05, 3.63) is 54.2 Å². The van der Waals surface area contributed by atoms with Crippen LogP contribution < -0.4 is 5.32 Å². The van der Waals surface area contributed by atoms with Gasteiger partial charge in [0.1, 0.15) is 11.9 Å². The number of pyridine rings is 1. The molecule has 1 unspecified atom stereocenters. The third-order valence-corrected chi connectivity index (χ3v) is 2.62. The van der Waals surface area contributed by atoms with E-state index in [9.17, 15) is 5.11 Å². The van der Waals surface area contributed by atoms with Gasteiger partial charge >= 0.3 is 0 Å². The van der Waals surface area contributed by atoms with Crippen LogP contribution in [0.4, 0.5) is 0 Å². The SMILES string of the molecule is C[C@H](NCC(O)c1ccco1)c1ccccn1. The average molecular weight is 232 g/mol. The molecule has 0 aliphatic heterocycles. The molecule has 90 valence electrons. The summed E-state index contributed by atoms with van der Waals surface area (Å²) >= 11 is 0. The van der Waals surface area contributed by atoms with E-state index in [1.54, 1.807) is 24.6 Å². The van der Waals surface area contributed by atoms with Crippen LogP contribution in [0, 0.1) is 0 Å². The van der Waals surface area contributed by atoms with Gasteiger partial charge < -0.3 is 14.8 Å². The summed E-state index contributed by atoms with van der Waals surface area (Å²) in [6.45, 7) is 2.45. The van der Waals surface area contributed by atoms with Crippen molar-refractivity contribution in [2.45, 2.75) is 19.1 Å². The summed E-state index contributed by atoms with van der Waals surface area (Å²) in [4.78, 5) is 4.25. The lowest BCUT2D eigenvalue weighted by Gasteiger charge is -2.15. The van der Waals surface area contributed by atoms with Gasteiger partial charge in [-0.2, -0.15) is 0 Å². The summed E-state index contributed by atoms with van der Waals surface area (Å²) in [7, 11) is 0. The normalized spacial score (nSPS) is 14.5. The third kappa shape index (κ3) is 3.15. The molecule has 0 bridgehead atoms. The Morgan fingerprint density at radius 1 is 1.35 bits per heavy atom. The lowest BCUT2D eigenvalue weighted by atomic mass is 10.2. The molecule has 0 aliphatic rings. The second-order valence-corrected chi connectivity index (χ2v) is 3.92. The van der Waals surface area contributed by atoms with Gasteiger partial charge in [-0.3, -0.25) is 4.98 Å². The molecular formula is C13H16N2O2. The van der Waals surface area contributed by atoms with E-state index in [2.05, 4.69) is 10.3 Å². The fraction of sp³-hybridized carbons (Fsp3) is 0.308. The first kappa shape index (κ1) is 11.8. The predicted molar refractivity (Wildman–Crippen MR) is 64.3 cm³/mol. The van der Waals surface area contributed by atoms with Gasteiger partial charge in [-0.1, -0.05) is 6.07 Å². The minimum absolute atomic E-state index is 0.0980. The lowest BCUT2D eigenvalue weighted by Crippen LogP contribution is -2.25. The topological polar surface area (TPSA) is 58.3 Å². The molecule has 2 rings (SSSR count). The van der Waals surface area contributed by atoms with Crippen LogP contribution >= 0.6 is 0 Å². The van der Waals surface area contributed by atoms with Crippen molar-refractivity contribution in [2.75, 3.05) is 6.54 Å². The fourth-order valence-corrected chi connectivity index (χ4v) is 1.61. The molecule has 2 aromatic heterocycles. The zero-order valence-corrected chi connectivity index (χ0v) is 9.71. The van der Waals surface area contributed by atoms with Crippen molar-refractivity contribution in [3.63, 3.8) is 0 Å². The van der Waals surface area contributed by atoms with Gasteiger partial charge in [0.25, 0.3) is 0 Å². The Balaban J connectivity index is 1.86. The molecule has 0 amide bonds. The first-order chi connectivity index (χ1) is 8.27. The molecule has 2 N–H and O–H groups in total. The molecule has 2 heterocycles. The fourth-order valence-electron chi connectivity index (χ4n) is 1.61. The van der Waals surface area contributed by atoms with Crippen molar-refractivity contribution in [3.8, 4) is 0 Å². The number of hydrogen-bond acceptors (Lipinski definition) is 4. The molecule has 0 radical (unpaired) electrons. The van der Waals surface area contributed by atoms with Crippen LogP contribution in [0.3, 0.4) is 0 Å². The molecule has 0 saturated heterocycles. The average Bonchev–Trinajstić information content (AvgIpc) is 2.90. The standard InChI is InChI=1S/C13H16N2O2/c1-10(11-5-2-3-7-14-11)15-9-12(16)13-6-4-8-17-13/h2-8,10,12,15-16H,9H2,1H3/t10-,12?/m0/s1. The van der Waals surface area contributed by atoms with Gasteiger partial charge in [0.05, 0.1) is 12.0 Å². The number of hydrogen-bond donors (Lipinski definition) is 2. The highest BCUT2D eigenvalue weighted by Gasteiger charge is 2.12. The minimum atomic E-state index is -0.629. The Labute approximate surface area is 100 Å². The molecular weight excluding hydrogens is 216 g/mol. The second-order valence-electron chi connectivity index (χ2n) is 3.92. The maximum Gasteiger partial charge on any atom is 0.133 e. The maximum absolute atomic E-state index is 9.83. The zero-order valence-electron chi connectivity index (χ0n) is 9.71.